The van der Waals surface area contributed by atoms with E-state index in [2.05, 4.69) is 132 Å². The molecule has 11 rings (SSSR count). The van der Waals surface area contributed by atoms with Gasteiger partial charge in [-0.2, -0.15) is 0 Å². The number of ether oxygens (including phenoxy) is 4. The number of aliphatic hydroxyl groups excluding tert-OH is 1. The zero-order valence-electron chi connectivity index (χ0n) is 46.5. The minimum absolute atomic E-state index is 0.105. The highest BCUT2D eigenvalue weighted by Gasteiger charge is 2.46. The Balaban J connectivity index is 0.000000144. The van der Waals surface area contributed by atoms with Crippen LogP contribution in [0.4, 0.5) is 0 Å². The fourth-order valence-corrected chi connectivity index (χ4v) is 10.9. The topological polar surface area (TPSA) is 145 Å². The van der Waals surface area contributed by atoms with E-state index in [1.54, 1.807) is 24.3 Å². The lowest BCUT2D eigenvalue weighted by atomic mass is 9.67. The van der Waals surface area contributed by atoms with Crippen LogP contribution in [0.25, 0.3) is 11.1 Å². The molecule has 3 aliphatic rings. The Morgan fingerprint density at radius 1 is 0.462 bits per heavy atom. The molecule has 2 heterocycles. The Hall–Kier alpha value is -7.56. The van der Waals surface area contributed by atoms with Crippen LogP contribution in [0, 0.1) is 41.5 Å². The van der Waals surface area contributed by atoms with E-state index in [-0.39, 0.29) is 41.1 Å². The number of phenolic OH excluding ortho intramolecular Hbond substituents is 4. The van der Waals surface area contributed by atoms with Gasteiger partial charge in [-0.05, 0) is 180 Å². The lowest BCUT2D eigenvalue weighted by Crippen LogP contribution is -2.28. The average molecular weight is 1050 g/mol. The Labute approximate surface area is 460 Å². The number of benzene rings is 8. The standard InChI is InChI=1S/C27H22O2.C23H28O4.C19H24O3/c1-17-15-19(11-13-25(17)28)27(20-12-14-26(29)18(2)16-20)23-9-5-3-7-21(23)22-8-4-6-10-24(22)27;1-15-9-17(5-7-21(15)26-13-19-11-24-19)23(3,4)18-6-8-22(16(2)10-18)27-14-20-12-25-20;1-13-11-15(5-7-17(13)21)19(3,9-4-10-20)16-6-8-18(22)14(2)12-16/h3-16,28-29H,1-2H3;5-10,19-20H,11-14H2,1-4H3;5-8,11-12,20-22H,4,9-10H2,1-3H3. The summed E-state index contributed by atoms with van der Waals surface area (Å²) >= 11 is 0. The number of hydrogen-bond acceptors (Lipinski definition) is 9. The van der Waals surface area contributed by atoms with Crippen molar-refractivity contribution >= 4 is 0 Å². The summed E-state index contributed by atoms with van der Waals surface area (Å²) in [6, 6.07) is 53.1. The third kappa shape index (κ3) is 11.4. The summed E-state index contributed by atoms with van der Waals surface area (Å²) in [6.07, 6.45) is 2.03. The van der Waals surface area contributed by atoms with Crippen molar-refractivity contribution in [3.05, 3.63) is 236 Å². The van der Waals surface area contributed by atoms with Crippen molar-refractivity contribution in [1.29, 1.82) is 0 Å². The van der Waals surface area contributed by atoms with Gasteiger partial charge in [0.05, 0.1) is 18.6 Å². The first kappa shape index (κ1) is 55.2. The maximum Gasteiger partial charge on any atom is 0.122 e. The van der Waals surface area contributed by atoms with Crippen LogP contribution in [-0.4, -0.2) is 70.8 Å². The minimum Gasteiger partial charge on any atom is -0.508 e. The van der Waals surface area contributed by atoms with E-state index >= 15 is 0 Å². The van der Waals surface area contributed by atoms with Gasteiger partial charge in [-0.15, -0.1) is 0 Å². The molecule has 0 amide bonds. The Kier molecular flexibility index (Phi) is 16.1. The van der Waals surface area contributed by atoms with E-state index in [1.165, 1.54) is 33.4 Å². The number of aryl methyl sites for hydroxylation is 6. The van der Waals surface area contributed by atoms with Gasteiger partial charge >= 0.3 is 0 Å². The summed E-state index contributed by atoms with van der Waals surface area (Å²) in [6.45, 7) is 21.5. The van der Waals surface area contributed by atoms with Gasteiger partial charge in [0.25, 0.3) is 0 Å². The number of phenols is 4. The molecule has 0 saturated carbocycles. The molecule has 2 fully saturated rings. The summed E-state index contributed by atoms with van der Waals surface area (Å²) < 4.78 is 22.2. The maximum atomic E-state index is 10.2. The fraction of sp³-hybridized carbons (Fsp3) is 0.304. The molecule has 78 heavy (non-hydrogen) atoms. The van der Waals surface area contributed by atoms with Gasteiger partial charge in [-0.1, -0.05) is 142 Å². The highest BCUT2D eigenvalue weighted by molar-refractivity contribution is 5.86. The zero-order chi connectivity index (χ0) is 55.5. The van der Waals surface area contributed by atoms with Gasteiger partial charge in [-0.3, -0.25) is 0 Å². The van der Waals surface area contributed by atoms with E-state index in [9.17, 15) is 25.5 Å². The van der Waals surface area contributed by atoms with Crippen molar-refractivity contribution in [1.82, 2.24) is 0 Å². The van der Waals surface area contributed by atoms with Gasteiger partial charge in [0, 0.05) is 17.4 Å². The molecule has 1 aliphatic carbocycles. The molecule has 0 spiro atoms. The van der Waals surface area contributed by atoms with Crippen LogP contribution in [0.2, 0.25) is 0 Å². The molecule has 8 aromatic carbocycles. The molecule has 5 N–H and O–H groups in total. The van der Waals surface area contributed by atoms with Crippen LogP contribution in [0.1, 0.15) is 112 Å². The number of fused-ring (bicyclic) bond motifs is 3. The number of epoxide rings is 2. The molecule has 0 radical (unpaired) electrons. The third-order valence-electron chi connectivity index (χ3n) is 16.2. The Bertz CT molecular complexity index is 3220. The molecule has 2 atom stereocenters. The van der Waals surface area contributed by atoms with Crippen molar-refractivity contribution in [2.75, 3.05) is 33.0 Å². The highest BCUT2D eigenvalue weighted by atomic mass is 16.6. The number of aromatic hydroxyl groups is 4. The molecule has 404 valence electrons. The molecule has 0 bridgehead atoms. The summed E-state index contributed by atoms with van der Waals surface area (Å²) in [5, 5.41) is 49.1. The lowest BCUT2D eigenvalue weighted by Gasteiger charge is -2.34. The van der Waals surface area contributed by atoms with Gasteiger partial charge < -0.3 is 44.5 Å². The number of hydrogen-bond donors (Lipinski definition) is 5. The number of rotatable bonds is 15. The molecule has 0 aromatic heterocycles. The van der Waals surface area contributed by atoms with Crippen LogP contribution < -0.4 is 9.47 Å². The third-order valence-corrected chi connectivity index (χ3v) is 16.2. The summed E-state index contributed by atoms with van der Waals surface area (Å²) in [5.74, 6) is 3.04. The second kappa shape index (κ2) is 22.8. The maximum absolute atomic E-state index is 10.2. The van der Waals surface area contributed by atoms with Crippen LogP contribution in [0.15, 0.2) is 158 Å². The van der Waals surface area contributed by atoms with Crippen LogP contribution in [0.3, 0.4) is 0 Å². The predicted octanol–water partition coefficient (Wildman–Crippen LogP) is 14.1. The molecule has 2 aliphatic heterocycles. The predicted molar refractivity (Wildman–Crippen MR) is 310 cm³/mol. The van der Waals surface area contributed by atoms with Gasteiger partial charge in [-0.25, -0.2) is 0 Å². The van der Waals surface area contributed by atoms with E-state index in [4.69, 9.17) is 18.9 Å². The van der Waals surface area contributed by atoms with Crippen molar-refractivity contribution in [3.8, 4) is 45.6 Å². The van der Waals surface area contributed by atoms with E-state index in [1.807, 2.05) is 64.1 Å². The second-order valence-corrected chi connectivity index (χ2v) is 22.1. The largest absolute Gasteiger partial charge is 0.508 e. The summed E-state index contributed by atoms with van der Waals surface area (Å²) in [4.78, 5) is 0. The summed E-state index contributed by atoms with van der Waals surface area (Å²) in [5.41, 5.74) is 16.6. The van der Waals surface area contributed by atoms with Crippen molar-refractivity contribution in [3.63, 3.8) is 0 Å². The van der Waals surface area contributed by atoms with Crippen molar-refractivity contribution < 1.29 is 44.5 Å². The lowest BCUT2D eigenvalue weighted by molar-refractivity contribution is 0.261. The Morgan fingerprint density at radius 3 is 1.18 bits per heavy atom. The first-order valence-corrected chi connectivity index (χ1v) is 27.1. The van der Waals surface area contributed by atoms with Gasteiger partial charge in [0.2, 0.25) is 0 Å². The first-order chi connectivity index (χ1) is 37.3. The van der Waals surface area contributed by atoms with E-state index in [0.717, 1.165) is 86.8 Å². The molecular weight excluding hydrogens is 973 g/mol. The minimum atomic E-state index is -0.510. The first-order valence-electron chi connectivity index (χ1n) is 27.1. The van der Waals surface area contributed by atoms with E-state index in [0.29, 0.717) is 31.1 Å². The Morgan fingerprint density at radius 2 is 0.821 bits per heavy atom. The SMILES string of the molecule is Cc1cc(C(C)(C)c2ccc(OCC3CO3)c(C)c2)ccc1OCC1CO1.Cc1cc(C(C)(CCCO)c2ccc(O)c(C)c2)ccc1O.Cc1cc(C2(c3ccc(O)c(C)c3)c3ccccc3-c3ccccc32)ccc1O. The van der Waals surface area contributed by atoms with Crippen LogP contribution in [-0.2, 0) is 25.7 Å². The van der Waals surface area contributed by atoms with Crippen LogP contribution >= 0.6 is 0 Å². The van der Waals surface area contributed by atoms with Crippen molar-refractivity contribution in [2.45, 2.75) is 104 Å². The second-order valence-electron chi connectivity index (χ2n) is 22.1. The quantitative estimate of drug-likeness (QED) is 0.0634. The van der Waals surface area contributed by atoms with E-state index < -0.39 is 5.41 Å². The van der Waals surface area contributed by atoms with Crippen molar-refractivity contribution in [2.24, 2.45) is 0 Å². The highest BCUT2D eigenvalue weighted by Crippen LogP contribution is 2.56. The zero-order valence-corrected chi connectivity index (χ0v) is 46.5. The monoisotopic (exact) mass is 1050 g/mol. The number of aliphatic hydroxyl groups is 1. The van der Waals surface area contributed by atoms with Gasteiger partial charge in [0.1, 0.15) is 59.9 Å². The fourth-order valence-electron chi connectivity index (χ4n) is 10.9. The normalized spacial score (nSPS) is 15.7. The molecule has 2 unspecified atom stereocenters. The molecule has 9 heteroatoms. The smallest absolute Gasteiger partial charge is 0.122 e. The van der Waals surface area contributed by atoms with Crippen LogP contribution in [0.5, 0.6) is 34.5 Å². The molecule has 2 saturated heterocycles. The molecular formula is C69H74O9. The summed E-state index contributed by atoms with van der Waals surface area (Å²) in [7, 11) is 0. The molecule has 9 nitrogen and oxygen atoms in total. The average Bonchev–Trinajstić information content (AvgIpc) is 4.55. The molecule has 8 aromatic rings. The van der Waals surface area contributed by atoms with Gasteiger partial charge in [0.15, 0.2) is 0 Å².